The Morgan fingerprint density at radius 2 is 1.39 bits per heavy atom. The number of nitrogens with one attached hydrogen (secondary N) is 2. The lowest BCUT2D eigenvalue weighted by atomic mass is 10.0. The highest BCUT2D eigenvalue weighted by Gasteiger charge is 2.43. The average molecular weight is 460 g/mol. The maximum atomic E-state index is 12.1. The molecule has 2 aromatic rings. The monoisotopic (exact) mass is 460 g/mol. The van der Waals surface area contributed by atoms with Crippen molar-refractivity contribution in [3.63, 3.8) is 0 Å². The molecule has 1 aliphatic rings. The highest BCUT2D eigenvalue weighted by Crippen LogP contribution is 2.22. The second-order valence-electron chi connectivity index (χ2n) is 7.66. The van der Waals surface area contributed by atoms with E-state index in [-0.39, 0.29) is 6.61 Å². The Labute approximate surface area is 191 Å². The van der Waals surface area contributed by atoms with Gasteiger partial charge < -0.3 is 29.5 Å². The van der Waals surface area contributed by atoms with Crippen LogP contribution in [0.4, 0.5) is 21.0 Å². The number of aryl methyl sites for hydroxylation is 1. The summed E-state index contributed by atoms with van der Waals surface area (Å²) in [5.74, 6) is 0. The largest absolute Gasteiger partial charge is 0.444 e. The molecule has 2 aromatic carbocycles. The number of hydrogen-bond acceptors (Lipinski definition) is 8. The van der Waals surface area contributed by atoms with Crippen LogP contribution in [0.3, 0.4) is 0 Å². The Balaban J connectivity index is 1.44. The average Bonchev–Trinajstić information content (AvgIpc) is 2.81. The molecule has 5 N–H and O–H groups in total. The number of ether oxygens (including phenoxy) is 3. The summed E-state index contributed by atoms with van der Waals surface area (Å²) >= 11 is 0. The molecule has 0 aliphatic carbocycles. The predicted octanol–water partition coefficient (Wildman–Crippen LogP) is 2.37. The Hall–Kier alpha value is -3.18. The molecule has 33 heavy (non-hydrogen) atoms. The van der Waals surface area contributed by atoms with Crippen molar-refractivity contribution in [2.24, 2.45) is 0 Å². The number of aliphatic hydroxyl groups is 3. The lowest BCUT2D eigenvalue weighted by Crippen LogP contribution is -2.57. The van der Waals surface area contributed by atoms with Gasteiger partial charge in [0.1, 0.15) is 24.9 Å². The van der Waals surface area contributed by atoms with Crippen LogP contribution < -0.4 is 10.6 Å². The molecule has 3 rings (SSSR count). The van der Waals surface area contributed by atoms with Crippen LogP contribution in [0, 0.1) is 0 Å². The molecule has 178 valence electrons. The van der Waals surface area contributed by atoms with Gasteiger partial charge in [-0.1, -0.05) is 31.2 Å². The first-order valence-corrected chi connectivity index (χ1v) is 10.6. The Bertz CT molecular complexity index is 934. The molecule has 1 heterocycles. The summed E-state index contributed by atoms with van der Waals surface area (Å²) in [6.45, 7) is 3.56. The minimum atomic E-state index is -1.59. The van der Waals surface area contributed by atoms with Crippen LogP contribution in [0.2, 0.25) is 0 Å². The van der Waals surface area contributed by atoms with Crippen LogP contribution in [-0.2, 0) is 27.2 Å². The van der Waals surface area contributed by atoms with E-state index >= 15 is 0 Å². The first-order chi connectivity index (χ1) is 15.8. The summed E-state index contributed by atoms with van der Waals surface area (Å²) in [6.07, 6.45) is -7.21. The Kier molecular flexibility index (Phi) is 8.23. The second kappa shape index (κ2) is 11.1. The van der Waals surface area contributed by atoms with Crippen LogP contribution in [0.15, 0.2) is 48.5 Å². The van der Waals surface area contributed by atoms with Gasteiger partial charge in [0.2, 0.25) is 6.29 Å². The van der Waals surface area contributed by atoms with Crippen LogP contribution in [0.25, 0.3) is 0 Å². The van der Waals surface area contributed by atoms with E-state index in [9.17, 15) is 24.9 Å². The molecule has 1 aliphatic heterocycles. The fourth-order valence-corrected chi connectivity index (χ4v) is 3.17. The zero-order chi connectivity index (χ0) is 24.0. The van der Waals surface area contributed by atoms with Crippen LogP contribution in [-0.4, -0.2) is 58.2 Å². The molecule has 1 saturated heterocycles. The third-order valence-corrected chi connectivity index (χ3v) is 5.21. The molecular weight excluding hydrogens is 432 g/mol. The van der Waals surface area contributed by atoms with E-state index in [2.05, 4.69) is 10.6 Å². The molecule has 0 aromatic heterocycles. The number of aliphatic hydroxyl groups excluding tert-OH is 3. The van der Waals surface area contributed by atoms with E-state index in [4.69, 9.17) is 14.2 Å². The third kappa shape index (κ3) is 6.65. The summed E-state index contributed by atoms with van der Waals surface area (Å²) in [4.78, 5) is 24.1. The molecule has 10 heteroatoms. The van der Waals surface area contributed by atoms with E-state index in [0.717, 1.165) is 6.42 Å². The lowest BCUT2D eigenvalue weighted by Gasteiger charge is -2.38. The number of carbonyl (C=O) groups excluding carboxylic acids is 2. The Morgan fingerprint density at radius 3 is 1.97 bits per heavy atom. The van der Waals surface area contributed by atoms with Gasteiger partial charge in [-0.25, -0.2) is 9.59 Å². The van der Waals surface area contributed by atoms with Gasteiger partial charge >= 0.3 is 12.2 Å². The molecule has 0 spiro atoms. The van der Waals surface area contributed by atoms with Gasteiger partial charge in [0, 0.05) is 11.4 Å². The molecule has 1 fully saturated rings. The van der Waals surface area contributed by atoms with Gasteiger partial charge in [-0.2, -0.15) is 0 Å². The maximum Gasteiger partial charge on any atom is 0.414 e. The second-order valence-corrected chi connectivity index (χ2v) is 7.66. The van der Waals surface area contributed by atoms with E-state index in [0.29, 0.717) is 16.9 Å². The number of amides is 2. The number of benzene rings is 2. The minimum absolute atomic E-state index is 0.0316. The predicted molar refractivity (Wildman–Crippen MR) is 119 cm³/mol. The van der Waals surface area contributed by atoms with Crippen molar-refractivity contribution in [2.75, 3.05) is 10.6 Å². The van der Waals surface area contributed by atoms with Gasteiger partial charge in [0.05, 0.1) is 6.10 Å². The third-order valence-electron chi connectivity index (χ3n) is 5.21. The van der Waals surface area contributed by atoms with Crippen molar-refractivity contribution in [1.82, 2.24) is 0 Å². The van der Waals surface area contributed by atoms with Crippen molar-refractivity contribution in [1.29, 1.82) is 0 Å². The van der Waals surface area contributed by atoms with Gasteiger partial charge in [0.15, 0.2) is 0 Å². The molecule has 5 atom stereocenters. The highest BCUT2D eigenvalue weighted by molar-refractivity contribution is 5.85. The van der Waals surface area contributed by atoms with E-state index in [1.807, 2.05) is 19.1 Å². The van der Waals surface area contributed by atoms with Crippen LogP contribution in [0.5, 0.6) is 0 Å². The zero-order valence-corrected chi connectivity index (χ0v) is 18.3. The Morgan fingerprint density at radius 1 is 0.848 bits per heavy atom. The molecule has 5 unspecified atom stereocenters. The van der Waals surface area contributed by atoms with E-state index < -0.39 is 42.9 Å². The van der Waals surface area contributed by atoms with Gasteiger partial charge in [0.25, 0.3) is 0 Å². The highest BCUT2D eigenvalue weighted by atomic mass is 16.7. The van der Waals surface area contributed by atoms with Crippen molar-refractivity contribution in [2.45, 2.75) is 57.6 Å². The SMILES string of the molecule is CCc1ccc(NC(=O)OCc2ccc(NC(=O)OC3OC(C)C(O)C(O)C3O)cc2)cc1. The van der Waals surface area contributed by atoms with Crippen molar-refractivity contribution < 1.29 is 39.1 Å². The summed E-state index contributed by atoms with van der Waals surface area (Å²) < 4.78 is 15.4. The summed E-state index contributed by atoms with van der Waals surface area (Å²) in [7, 11) is 0. The fraction of sp³-hybridized carbons (Fsp3) is 0.391. The van der Waals surface area contributed by atoms with E-state index in [1.165, 1.54) is 12.5 Å². The number of anilines is 2. The quantitative estimate of drug-likeness (QED) is 0.442. The zero-order valence-electron chi connectivity index (χ0n) is 18.3. The molecule has 0 saturated carbocycles. The summed E-state index contributed by atoms with van der Waals surface area (Å²) in [5.41, 5.74) is 2.89. The van der Waals surface area contributed by atoms with Crippen LogP contribution in [0.1, 0.15) is 25.0 Å². The van der Waals surface area contributed by atoms with Crippen molar-refractivity contribution in [3.05, 3.63) is 59.7 Å². The molecule has 0 radical (unpaired) electrons. The standard InChI is InChI=1S/C23H28N2O8/c1-3-14-4-8-16(9-5-14)24-22(29)31-12-15-6-10-17(11-7-15)25-23(30)33-21-20(28)19(27)18(26)13(2)32-21/h4-11,13,18-21,26-28H,3,12H2,1-2H3,(H,24,29)(H,25,30). The number of hydrogen-bond donors (Lipinski definition) is 5. The van der Waals surface area contributed by atoms with Gasteiger partial charge in [-0.3, -0.25) is 10.6 Å². The summed E-state index contributed by atoms with van der Waals surface area (Å²) in [6, 6.07) is 14.0. The first kappa shape index (κ1) is 24.5. The normalized spacial score (nSPS) is 24.6. The number of rotatable bonds is 6. The smallest absolute Gasteiger partial charge is 0.414 e. The summed E-state index contributed by atoms with van der Waals surface area (Å²) in [5, 5.41) is 34.5. The topological polar surface area (TPSA) is 147 Å². The molecule has 0 bridgehead atoms. The molecule has 2 amide bonds. The first-order valence-electron chi connectivity index (χ1n) is 10.6. The lowest BCUT2D eigenvalue weighted by molar-refractivity contribution is -0.275. The van der Waals surface area contributed by atoms with Crippen LogP contribution >= 0.6 is 0 Å². The van der Waals surface area contributed by atoms with Gasteiger partial charge in [-0.15, -0.1) is 0 Å². The number of carbonyl (C=O) groups is 2. The molecule has 10 nitrogen and oxygen atoms in total. The van der Waals surface area contributed by atoms with Crippen molar-refractivity contribution in [3.8, 4) is 0 Å². The molecular formula is C23H28N2O8. The van der Waals surface area contributed by atoms with Crippen molar-refractivity contribution >= 4 is 23.6 Å². The fourth-order valence-electron chi connectivity index (χ4n) is 3.17. The maximum absolute atomic E-state index is 12.1. The minimum Gasteiger partial charge on any atom is -0.444 e. The van der Waals surface area contributed by atoms with Gasteiger partial charge in [-0.05, 0) is 48.7 Å². The van der Waals surface area contributed by atoms with E-state index in [1.54, 1.807) is 36.4 Å².